The lowest BCUT2D eigenvalue weighted by Gasteiger charge is -2.01. The summed E-state index contributed by atoms with van der Waals surface area (Å²) in [4.78, 5) is 25.2. The second kappa shape index (κ2) is 4.96. The number of rotatable bonds is 4. The Hall–Kier alpha value is -2.22. The summed E-state index contributed by atoms with van der Waals surface area (Å²) in [5, 5.41) is 0. The van der Waals surface area contributed by atoms with Gasteiger partial charge in [-0.1, -0.05) is 74.5 Å². The molecule has 2 aromatic rings. The smallest absolute Gasteiger partial charge is 0.167 e. The molecule has 0 unspecified atom stereocenters. The molecule has 0 saturated heterocycles. The zero-order valence-corrected chi connectivity index (χ0v) is 12.2. The van der Waals surface area contributed by atoms with Gasteiger partial charge in [0.05, 0.1) is 0 Å². The van der Waals surface area contributed by atoms with Crippen LogP contribution in [-0.2, 0) is 0 Å². The number of carbonyl (C=O) groups is 2. The highest BCUT2D eigenvalue weighted by Crippen LogP contribution is 2.60. The van der Waals surface area contributed by atoms with Crippen molar-refractivity contribution in [3.8, 4) is 0 Å². The summed E-state index contributed by atoms with van der Waals surface area (Å²) in [7, 11) is 0. The Labute approximate surface area is 124 Å². The molecule has 1 saturated carbocycles. The van der Waals surface area contributed by atoms with Gasteiger partial charge in [0.15, 0.2) is 11.6 Å². The number of hydrogen-bond donors (Lipinski definition) is 0. The van der Waals surface area contributed by atoms with Crippen molar-refractivity contribution in [1.82, 2.24) is 0 Å². The van der Waals surface area contributed by atoms with E-state index in [-0.39, 0.29) is 28.8 Å². The van der Waals surface area contributed by atoms with Crippen LogP contribution in [0.2, 0.25) is 0 Å². The molecule has 2 atom stereocenters. The SMILES string of the molecule is CC1(C)[C@@H](C(=O)c2ccccc2)[C@@H]1C(=O)c1ccccc1. The van der Waals surface area contributed by atoms with Gasteiger partial charge in [-0.15, -0.1) is 0 Å². The van der Waals surface area contributed by atoms with Crippen LogP contribution >= 0.6 is 0 Å². The maximum atomic E-state index is 12.6. The van der Waals surface area contributed by atoms with Crippen LogP contribution in [0, 0.1) is 17.3 Å². The molecule has 0 heterocycles. The highest BCUT2D eigenvalue weighted by molar-refractivity contribution is 6.09. The van der Waals surface area contributed by atoms with Crippen molar-refractivity contribution in [2.24, 2.45) is 17.3 Å². The first-order valence-corrected chi connectivity index (χ1v) is 7.22. The second-order valence-corrected chi connectivity index (χ2v) is 6.24. The largest absolute Gasteiger partial charge is 0.294 e. The zero-order chi connectivity index (χ0) is 15.0. The molecule has 1 aliphatic rings. The van der Waals surface area contributed by atoms with Gasteiger partial charge in [0.2, 0.25) is 0 Å². The molecule has 0 bridgehead atoms. The summed E-state index contributed by atoms with van der Waals surface area (Å²) in [6, 6.07) is 18.5. The topological polar surface area (TPSA) is 34.1 Å². The van der Waals surface area contributed by atoms with Crippen LogP contribution in [-0.4, -0.2) is 11.6 Å². The van der Waals surface area contributed by atoms with Crippen LogP contribution in [0.3, 0.4) is 0 Å². The maximum Gasteiger partial charge on any atom is 0.167 e. The average molecular weight is 278 g/mol. The molecular weight excluding hydrogens is 260 g/mol. The monoisotopic (exact) mass is 278 g/mol. The Bertz CT molecular complexity index is 612. The molecule has 0 amide bonds. The average Bonchev–Trinajstić information content (AvgIpc) is 3.10. The zero-order valence-electron chi connectivity index (χ0n) is 12.2. The van der Waals surface area contributed by atoms with Gasteiger partial charge < -0.3 is 0 Å². The van der Waals surface area contributed by atoms with Crippen LogP contribution in [0.5, 0.6) is 0 Å². The lowest BCUT2D eigenvalue weighted by molar-refractivity contribution is 0.0906. The third-order valence-electron chi connectivity index (χ3n) is 4.51. The third kappa shape index (κ3) is 2.31. The summed E-state index contributed by atoms with van der Waals surface area (Å²) < 4.78 is 0. The molecule has 106 valence electrons. The van der Waals surface area contributed by atoms with Crippen LogP contribution in [0.25, 0.3) is 0 Å². The molecule has 1 fully saturated rings. The lowest BCUT2D eigenvalue weighted by atomic mass is 10.0. The van der Waals surface area contributed by atoms with Crippen LogP contribution in [0.4, 0.5) is 0 Å². The summed E-state index contributed by atoms with van der Waals surface area (Å²) >= 11 is 0. The number of ketones is 2. The van der Waals surface area contributed by atoms with Crippen LogP contribution < -0.4 is 0 Å². The quantitative estimate of drug-likeness (QED) is 0.791. The normalized spacial score (nSPS) is 22.6. The lowest BCUT2D eigenvalue weighted by Crippen LogP contribution is -2.09. The molecule has 2 aromatic carbocycles. The van der Waals surface area contributed by atoms with E-state index in [1.54, 1.807) is 0 Å². The van der Waals surface area contributed by atoms with Crippen LogP contribution in [0.1, 0.15) is 34.6 Å². The van der Waals surface area contributed by atoms with E-state index in [0.29, 0.717) is 11.1 Å². The van der Waals surface area contributed by atoms with E-state index in [9.17, 15) is 9.59 Å². The van der Waals surface area contributed by atoms with Gasteiger partial charge in [-0.05, 0) is 5.41 Å². The minimum atomic E-state index is -0.264. The molecule has 0 radical (unpaired) electrons. The molecule has 3 rings (SSSR count). The highest BCUT2D eigenvalue weighted by atomic mass is 16.1. The molecule has 2 nitrogen and oxygen atoms in total. The fraction of sp³-hybridized carbons (Fsp3) is 0.263. The van der Waals surface area contributed by atoms with Gasteiger partial charge in [0.1, 0.15) is 0 Å². The highest BCUT2D eigenvalue weighted by Gasteiger charge is 2.64. The first kappa shape index (κ1) is 13.7. The summed E-state index contributed by atoms with van der Waals surface area (Å²) in [6.45, 7) is 4.01. The van der Waals surface area contributed by atoms with Gasteiger partial charge in [-0.25, -0.2) is 0 Å². The Morgan fingerprint density at radius 2 is 1.05 bits per heavy atom. The van der Waals surface area contributed by atoms with Crippen molar-refractivity contribution in [3.05, 3.63) is 71.8 Å². The predicted molar refractivity (Wildman–Crippen MR) is 82.3 cm³/mol. The van der Waals surface area contributed by atoms with E-state index in [2.05, 4.69) is 0 Å². The predicted octanol–water partition coefficient (Wildman–Crippen LogP) is 4.02. The number of Topliss-reactive ketones (excluding diaryl/α,β-unsaturated/α-hetero) is 2. The minimum absolute atomic E-state index is 0.0786. The fourth-order valence-electron chi connectivity index (χ4n) is 3.18. The summed E-state index contributed by atoms with van der Waals surface area (Å²) in [5.41, 5.74) is 1.12. The summed E-state index contributed by atoms with van der Waals surface area (Å²) in [6.07, 6.45) is 0. The molecule has 0 spiro atoms. The van der Waals surface area contributed by atoms with Gasteiger partial charge in [-0.2, -0.15) is 0 Å². The van der Waals surface area contributed by atoms with Crippen molar-refractivity contribution < 1.29 is 9.59 Å². The third-order valence-corrected chi connectivity index (χ3v) is 4.51. The summed E-state index contributed by atoms with van der Waals surface area (Å²) in [5.74, 6) is -0.273. The number of carbonyl (C=O) groups excluding carboxylic acids is 2. The molecule has 0 aromatic heterocycles. The van der Waals surface area contributed by atoms with Gasteiger partial charge >= 0.3 is 0 Å². The van der Waals surface area contributed by atoms with E-state index in [4.69, 9.17) is 0 Å². The van der Waals surface area contributed by atoms with Crippen molar-refractivity contribution in [3.63, 3.8) is 0 Å². The first-order chi connectivity index (χ1) is 10.0. The van der Waals surface area contributed by atoms with E-state index in [1.165, 1.54) is 0 Å². The maximum absolute atomic E-state index is 12.6. The first-order valence-electron chi connectivity index (χ1n) is 7.22. The van der Waals surface area contributed by atoms with E-state index >= 15 is 0 Å². The standard InChI is InChI=1S/C19H18O2/c1-19(2)15(17(20)13-9-5-3-6-10-13)16(19)18(21)14-11-7-4-8-12-14/h3-12,15-16H,1-2H3/t15-,16-/m1/s1. The van der Waals surface area contributed by atoms with Crippen molar-refractivity contribution in [2.75, 3.05) is 0 Å². The van der Waals surface area contributed by atoms with E-state index in [1.807, 2.05) is 74.5 Å². The van der Waals surface area contributed by atoms with Gasteiger partial charge in [0, 0.05) is 23.0 Å². The van der Waals surface area contributed by atoms with Gasteiger partial charge in [-0.3, -0.25) is 9.59 Å². The van der Waals surface area contributed by atoms with Crippen molar-refractivity contribution in [1.29, 1.82) is 0 Å². The molecule has 2 heteroatoms. The Morgan fingerprint density at radius 1 is 0.714 bits per heavy atom. The Morgan fingerprint density at radius 3 is 1.38 bits per heavy atom. The second-order valence-electron chi connectivity index (χ2n) is 6.24. The van der Waals surface area contributed by atoms with Gasteiger partial charge in [0.25, 0.3) is 0 Å². The minimum Gasteiger partial charge on any atom is -0.294 e. The number of benzene rings is 2. The number of hydrogen-bond acceptors (Lipinski definition) is 2. The molecule has 1 aliphatic carbocycles. The molecule has 21 heavy (non-hydrogen) atoms. The van der Waals surface area contributed by atoms with E-state index in [0.717, 1.165) is 0 Å². The van der Waals surface area contributed by atoms with Crippen molar-refractivity contribution in [2.45, 2.75) is 13.8 Å². The molecular formula is C19H18O2. The van der Waals surface area contributed by atoms with Crippen LogP contribution in [0.15, 0.2) is 60.7 Å². The molecule has 0 N–H and O–H groups in total. The Balaban J connectivity index is 1.86. The Kier molecular flexibility index (Phi) is 3.25. The molecule has 0 aliphatic heterocycles. The van der Waals surface area contributed by atoms with E-state index < -0.39 is 0 Å². The fourth-order valence-corrected chi connectivity index (χ4v) is 3.18. The van der Waals surface area contributed by atoms with Crippen molar-refractivity contribution >= 4 is 11.6 Å².